The third-order valence-corrected chi connectivity index (χ3v) is 5.53. The molecule has 11 heteroatoms. The lowest BCUT2D eigenvalue weighted by molar-refractivity contribution is -0.118. The Morgan fingerprint density at radius 1 is 1.09 bits per heavy atom. The van der Waals surface area contributed by atoms with E-state index in [1.54, 1.807) is 23.0 Å². The molecule has 6 rings (SSSR count). The van der Waals surface area contributed by atoms with Gasteiger partial charge >= 0.3 is 0 Å². The maximum Gasteiger partial charge on any atom is 0.263 e. The van der Waals surface area contributed by atoms with Crippen LogP contribution in [0.2, 0.25) is 0 Å². The molecule has 0 radical (unpaired) electrons. The van der Waals surface area contributed by atoms with Crippen LogP contribution in [0.3, 0.4) is 0 Å². The maximum absolute atomic E-state index is 11.5. The van der Waals surface area contributed by atoms with Crippen LogP contribution in [0.5, 0.6) is 5.75 Å². The highest BCUT2D eigenvalue weighted by molar-refractivity contribution is 5.94. The number of carbonyl (C=O) groups excluding carboxylic acids is 1. The van der Waals surface area contributed by atoms with E-state index in [-0.39, 0.29) is 12.5 Å². The highest BCUT2D eigenvalue weighted by atomic mass is 16.5. The molecule has 2 N–H and O–H groups in total. The lowest BCUT2D eigenvalue weighted by atomic mass is 10.2. The number of ether oxygens (including phenoxy) is 2. The number of nitrogens with zero attached hydrogens (tertiary/aromatic N) is 6. The zero-order valence-electron chi connectivity index (χ0n) is 17.6. The number of rotatable bonds is 4. The van der Waals surface area contributed by atoms with Crippen molar-refractivity contribution in [3.63, 3.8) is 0 Å². The molecule has 2 aliphatic heterocycles. The Kier molecular flexibility index (Phi) is 4.73. The number of anilines is 4. The van der Waals surface area contributed by atoms with E-state index in [0.29, 0.717) is 28.7 Å². The van der Waals surface area contributed by atoms with Crippen molar-refractivity contribution in [2.24, 2.45) is 0 Å². The second-order valence-electron chi connectivity index (χ2n) is 7.68. The monoisotopic (exact) mass is 444 g/mol. The van der Waals surface area contributed by atoms with Crippen LogP contribution >= 0.6 is 0 Å². The Morgan fingerprint density at radius 3 is 2.79 bits per heavy atom. The smallest absolute Gasteiger partial charge is 0.263 e. The van der Waals surface area contributed by atoms with E-state index in [0.717, 1.165) is 43.2 Å². The first-order chi connectivity index (χ1) is 16.2. The number of hydrogen-bond acceptors (Lipinski definition) is 9. The first-order valence-corrected chi connectivity index (χ1v) is 10.6. The van der Waals surface area contributed by atoms with Crippen molar-refractivity contribution in [1.82, 2.24) is 24.6 Å². The molecule has 5 heterocycles. The van der Waals surface area contributed by atoms with Crippen molar-refractivity contribution in [1.29, 1.82) is 0 Å². The highest BCUT2D eigenvalue weighted by Gasteiger charge is 2.19. The van der Waals surface area contributed by atoms with Gasteiger partial charge in [-0.05, 0) is 30.3 Å². The summed E-state index contributed by atoms with van der Waals surface area (Å²) in [4.78, 5) is 27.2. The minimum atomic E-state index is -0.226. The molecule has 11 nitrogen and oxygen atoms in total. The molecule has 1 aromatic carbocycles. The number of benzene rings is 1. The Bertz CT molecular complexity index is 1330. The second kappa shape index (κ2) is 8.02. The molecule has 33 heavy (non-hydrogen) atoms. The zero-order valence-corrected chi connectivity index (χ0v) is 17.6. The Morgan fingerprint density at radius 2 is 1.94 bits per heavy atom. The van der Waals surface area contributed by atoms with E-state index < -0.39 is 0 Å². The van der Waals surface area contributed by atoms with Gasteiger partial charge < -0.3 is 25.0 Å². The van der Waals surface area contributed by atoms with Gasteiger partial charge in [0.1, 0.15) is 6.33 Å². The fourth-order valence-electron chi connectivity index (χ4n) is 3.87. The van der Waals surface area contributed by atoms with E-state index in [2.05, 4.69) is 42.7 Å². The summed E-state index contributed by atoms with van der Waals surface area (Å²) in [7, 11) is 0. The largest absolute Gasteiger partial charge is 0.480 e. The van der Waals surface area contributed by atoms with Gasteiger partial charge in [0.05, 0.1) is 25.1 Å². The van der Waals surface area contributed by atoms with E-state index in [1.807, 2.05) is 12.1 Å². The molecule has 0 aliphatic carbocycles. The quantitative estimate of drug-likeness (QED) is 0.488. The summed E-state index contributed by atoms with van der Waals surface area (Å²) in [6.45, 7) is 3.23. The SMILES string of the molecule is O=C1COc2cc(-c3cn4ncnc4c(Nc4ccc(N5CCOCC5)cc4)n3)cnc2N1. The Hall–Kier alpha value is -4.25. The van der Waals surface area contributed by atoms with Crippen LogP contribution in [0.15, 0.2) is 49.1 Å². The first kappa shape index (κ1) is 19.4. The molecule has 0 saturated carbocycles. The predicted molar refractivity (Wildman–Crippen MR) is 121 cm³/mol. The molecule has 2 aliphatic rings. The van der Waals surface area contributed by atoms with Gasteiger partial charge in [0.25, 0.3) is 5.91 Å². The summed E-state index contributed by atoms with van der Waals surface area (Å²) >= 11 is 0. The zero-order chi connectivity index (χ0) is 22.2. The van der Waals surface area contributed by atoms with Crippen molar-refractivity contribution in [3.8, 4) is 17.0 Å². The Balaban J connectivity index is 1.31. The minimum absolute atomic E-state index is 0.0407. The first-order valence-electron chi connectivity index (χ1n) is 10.6. The number of fused-ring (bicyclic) bond motifs is 2. The summed E-state index contributed by atoms with van der Waals surface area (Å²) in [6, 6.07) is 9.99. The number of pyridine rings is 1. The standard InChI is InChI=1S/C22H20N8O3/c31-19-12-33-18-9-14(10-23-20(18)28-19)17-11-30-22(24-13-25-30)21(27-17)26-15-1-3-16(4-2-15)29-5-7-32-8-6-29/h1-4,9-11,13H,5-8,12H2,(H,26,27)(H,23,28,31). The third kappa shape index (κ3) is 3.78. The molecule has 1 amide bonds. The van der Waals surface area contributed by atoms with Gasteiger partial charge in [-0.3, -0.25) is 4.79 Å². The molecule has 3 aromatic heterocycles. The molecule has 0 atom stereocenters. The lowest BCUT2D eigenvalue weighted by Gasteiger charge is -2.28. The number of amides is 1. The summed E-state index contributed by atoms with van der Waals surface area (Å²) in [5, 5.41) is 10.3. The van der Waals surface area contributed by atoms with Gasteiger partial charge in [0, 0.05) is 36.2 Å². The van der Waals surface area contributed by atoms with Crippen LogP contribution < -0.4 is 20.3 Å². The van der Waals surface area contributed by atoms with Crippen molar-refractivity contribution in [2.45, 2.75) is 0 Å². The molecule has 1 saturated heterocycles. The minimum Gasteiger partial charge on any atom is -0.480 e. The van der Waals surface area contributed by atoms with Crippen molar-refractivity contribution in [2.75, 3.05) is 48.4 Å². The van der Waals surface area contributed by atoms with E-state index in [4.69, 9.17) is 14.5 Å². The summed E-state index contributed by atoms with van der Waals surface area (Å²) in [6.07, 6.45) is 4.90. The number of carbonyl (C=O) groups is 1. The van der Waals surface area contributed by atoms with Gasteiger partial charge in [0.2, 0.25) is 0 Å². The number of aromatic nitrogens is 5. The highest BCUT2D eigenvalue weighted by Crippen LogP contribution is 2.31. The molecular weight excluding hydrogens is 424 g/mol. The van der Waals surface area contributed by atoms with E-state index in [9.17, 15) is 4.79 Å². The summed E-state index contributed by atoms with van der Waals surface area (Å²) < 4.78 is 12.6. The third-order valence-electron chi connectivity index (χ3n) is 5.53. The van der Waals surface area contributed by atoms with Gasteiger partial charge in [-0.15, -0.1) is 0 Å². The fourth-order valence-corrected chi connectivity index (χ4v) is 3.87. The second-order valence-corrected chi connectivity index (χ2v) is 7.68. The normalized spacial score (nSPS) is 15.6. The van der Waals surface area contributed by atoms with Crippen LogP contribution in [0.1, 0.15) is 0 Å². The van der Waals surface area contributed by atoms with Crippen LogP contribution in [0.25, 0.3) is 16.9 Å². The molecular formula is C22H20N8O3. The molecule has 0 spiro atoms. The lowest BCUT2D eigenvalue weighted by Crippen LogP contribution is -2.36. The molecule has 1 fully saturated rings. The predicted octanol–water partition coefficient (Wildman–Crippen LogP) is 2.10. The van der Waals surface area contributed by atoms with Crippen molar-refractivity contribution >= 4 is 34.6 Å². The topological polar surface area (TPSA) is 119 Å². The molecule has 4 aromatic rings. The number of morpholine rings is 1. The van der Waals surface area contributed by atoms with Gasteiger partial charge in [0.15, 0.2) is 29.6 Å². The average molecular weight is 444 g/mol. The van der Waals surface area contributed by atoms with E-state index in [1.165, 1.54) is 6.33 Å². The molecule has 0 bridgehead atoms. The van der Waals surface area contributed by atoms with Gasteiger partial charge in [-0.1, -0.05) is 0 Å². The van der Waals surface area contributed by atoms with Gasteiger partial charge in [-0.25, -0.2) is 19.5 Å². The molecule has 166 valence electrons. The number of hydrogen-bond donors (Lipinski definition) is 2. The van der Waals surface area contributed by atoms with Crippen molar-refractivity contribution < 1.29 is 14.3 Å². The van der Waals surface area contributed by atoms with Crippen LogP contribution in [0, 0.1) is 0 Å². The fraction of sp³-hybridized carbons (Fsp3) is 0.227. The molecule has 0 unspecified atom stereocenters. The Labute approximate surface area is 188 Å². The van der Waals surface area contributed by atoms with Crippen LogP contribution in [-0.4, -0.2) is 63.4 Å². The number of nitrogens with one attached hydrogen (secondary N) is 2. The summed E-state index contributed by atoms with van der Waals surface area (Å²) in [5.41, 5.74) is 4.01. The average Bonchev–Trinajstić information content (AvgIpc) is 3.34. The van der Waals surface area contributed by atoms with E-state index >= 15 is 0 Å². The van der Waals surface area contributed by atoms with Gasteiger partial charge in [-0.2, -0.15) is 5.10 Å². The summed E-state index contributed by atoms with van der Waals surface area (Å²) in [5.74, 6) is 1.24. The van der Waals surface area contributed by atoms with Crippen molar-refractivity contribution in [3.05, 3.63) is 49.1 Å². The van der Waals surface area contributed by atoms with Crippen LogP contribution in [-0.2, 0) is 9.53 Å². The maximum atomic E-state index is 11.5. The van der Waals surface area contributed by atoms with Crippen LogP contribution in [0.4, 0.5) is 23.0 Å².